The molecule has 0 spiro atoms. The number of halogens is 1. The van der Waals surface area contributed by atoms with Crippen LogP contribution in [0.25, 0.3) is 10.8 Å². The van der Waals surface area contributed by atoms with Crippen LogP contribution in [0.3, 0.4) is 0 Å². The minimum absolute atomic E-state index is 0.325. The molecule has 1 aliphatic rings. The summed E-state index contributed by atoms with van der Waals surface area (Å²) < 4.78 is 0. The maximum atomic E-state index is 10.4. The van der Waals surface area contributed by atoms with Gasteiger partial charge in [-0.1, -0.05) is 19.1 Å². The van der Waals surface area contributed by atoms with Crippen molar-refractivity contribution in [1.82, 2.24) is 0 Å². The minimum atomic E-state index is 0.325. The highest BCUT2D eigenvalue weighted by molar-refractivity contribution is 6.19. The summed E-state index contributed by atoms with van der Waals surface area (Å²) in [6.45, 7) is 5.08. The average molecular weight is 276 g/mol. The Balaban J connectivity index is 2.45. The Hall–Kier alpha value is -1.41. The van der Waals surface area contributed by atoms with Crippen molar-refractivity contribution in [2.24, 2.45) is 0 Å². The van der Waals surface area contributed by atoms with Gasteiger partial charge in [-0.2, -0.15) is 0 Å². The Labute approximate surface area is 118 Å². The van der Waals surface area contributed by atoms with E-state index < -0.39 is 0 Å². The van der Waals surface area contributed by atoms with Crippen molar-refractivity contribution in [3.05, 3.63) is 34.9 Å². The Kier molecular flexibility index (Phi) is 3.06. The lowest BCUT2D eigenvalue weighted by Crippen LogP contribution is -2.03. The molecule has 1 atom stereocenters. The number of phenols is 1. The summed E-state index contributed by atoms with van der Waals surface area (Å²) in [5, 5.41) is 15.9. The van der Waals surface area contributed by atoms with E-state index in [1.165, 1.54) is 22.1 Å². The van der Waals surface area contributed by atoms with Gasteiger partial charge in [0.05, 0.1) is 0 Å². The summed E-state index contributed by atoms with van der Waals surface area (Å²) >= 11 is 6.10. The number of hydrogen-bond donors (Lipinski definition) is 2. The summed E-state index contributed by atoms with van der Waals surface area (Å²) in [5.41, 5.74) is 4.71. The van der Waals surface area contributed by atoms with Crippen molar-refractivity contribution in [3.63, 3.8) is 0 Å². The van der Waals surface area contributed by atoms with Crippen LogP contribution in [0.2, 0.25) is 0 Å². The van der Waals surface area contributed by atoms with Crippen LogP contribution >= 0.6 is 11.6 Å². The van der Waals surface area contributed by atoms with Gasteiger partial charge in [0.1, 0.15) is 5.75 Å². The van der Waals surface area contributed by atoms with E-state index in [0.29, 0.717) is 17.5 Å². The molecule has 0 bridgehead atoms. The molecule has 0 aromatic heterocycles. The third kappa shape index (κ3) is 1.78. The van der Waals surface area contributed by atoms with E-state index in [-0.39, 0.29) is 0 Å². The van der Waals surface area contributed by atoms with Crippen molar-refractivity contribution in [1.29, 1.82) is 0 Å². The van der Waals surface area contributed by atoms with Crippen LogP contribution in [-0.2, 0) is 6.42 Å². The summed E-state index contributed by atoms with van der Waals surface area (Å²) in [5.74, 6) is 1.30. The zero-order valence-corrected chi connectivity index (χ0v) is 12.0. The first-order valence-electron chi connectivity index (χ1n) is 6.75. The van der Waals surface area contributed by atoms with Gasteiger partial charge in [-0.25, -0.2) is 0 Å². The molecule has 3 heteroatoms. The number of phenolic OH excluding ortho intramolecular Hbond substituents is 1. The molecule has 0 saturated carbocycles. The Morgan fingerprint density at radius 3 is 2.84 bits per heavy atom. The molecule has 0 unspecified atom stereocenters. The highest BCUT2D eigenvalue weighted by atomic mass is 35.5. The number of rotatable bonds is 2. The number of aromatic hydroxyl groups is 1. The first kappa shape index (κ1) is 12.6. The molecule has 0 amide bonds. The molecule has 2 aromatic carbocycles. The third-order valence-electron chi connectivity index (χ3n) is 4.11. The summed E-state index contributed by atoms with van der Waals surface area (Å²) in [6, 6.07) is 6.11. The van der Waals surface area contributed by atoms with Crippen LogP contribution in [0.15, 0.2) is 18.2 Å². The van der Waals surface area contributed by atoms with Gasteiger partial charge in [0.25, 0.3) is 0 Å². The third-order valence-corrected chi connectivity index (χ3v) is 4.48. The van der Waals surface area contributed by atoms with Gasteiger partial charge in [-0.3, -0.25) is 0 Å². The number of aryl methyl sites for hydroxylation is 2. The largest absolute Gasteiger partial charge is 0.507 e. The topological polar surface area (TPSA) is 32.3 Å². The van der Waals surface area contributed by atoms with Crippen LogP contribution in [0.4, 0.5) is 5.69 Å². The molecule has 19 heavy (non-hydrogen) atoms. The van der Waals surface area contributed by atoms with Crippen molar-refractivity contribution >= 4 is 28.1 Å². The Bertz CT molecular complexity index is 651. The molecule has 100 valence electrons. The molecule has 2 nitrogen and oxygen atoms in total. The SMILES string of the molecule is CCc1ccc(C)c2c3c(cc(O)c12)NC[C@H]3CCl. The molecule has 0 fully saturated rings. The zero-order chi connectivity index (χ0) is 13.6. The predicted molar refractivity (Wildman–Crippen MR) is 81.7 cm³/mol. The molecule has 2 aromatic rings. The van der Waals surface area contributed by atoms with Crippen LogP contribution in [-0.4, -0.2) is 17.5 Å². The fraction of sp³-hybridized carbons (Fsp3) is 0.375. The molecular weight excluding hydrogens is 258 g/mol. The quantitative estimate of drug-likeness (QED) is 0.807. The van der Waals surface area contributed by atoms with Crippen molar-refractivity contribution in [2.75, 3.05) is 17.7 Å². The van der Waals surface area contributed by atoms with E-state index in [1.54, 1.807) is 0 Å². The monoisotopic (exact) mass is 275 g/mol. The van der Waals surface area contributed by atoms with Gasteiger partial charge in [0, 0.05) is 35.5 Å². The lowest BCUT2D eigenvalue weighted by atomic mass is 9.89. The van der Waals surface area contributed by atoms with Crippen LogP contribution in [0, 0.1) is 6.92 Å². The molecule has 2 N–H and O–H groups in total. The fourth-order valence-electron chi connectivity index (χ4n) is 3.14. The maximum absolute atomic E-state index is 10.4. The van der Waals surface area contributed by atoms with Crippen molar-refractivity contribution < 1.29 is 5.11 Å². The molecule has 0 aliphatic carbocycles. The lowest BCUT2D eigenvalue weighted by Gasteiger charge is -2.16. The second kappa shape index (κ2) is 4.61. The standard InChI is InChI=1S/C16H18ClNO/c1-3-10-5-4-9(2)14-15-11(7-17)8-18-12(15)6-13(19)16(10)14/h4-6,11,18-19H,3,7-8H2,1-2H3/t11-/m1/s1. The summed E-state index contributed by atoms with van der Waals surface area (Å²) in [6.07, 6.45) is 0.919. The fourth-order valence-corrected chi connectivity index (χ4v) is 3.41. The smallest absolute Gasteiger partial charge is 0.125 e. The second-order valence-corrected chi connectivity index (χ2v) is 5.54. The number of hydrogen-bond acceptors (Lipinski definition) is 2. The van der Waals surface area contributed by atoms with Crippen molar-refractivity contribution in [2.45, 2.75) is 26.2 Å². The normalized spacial score (nSPS) is 17.5. The number of alkyl halides is 1. The van der Waals surface area contributed by atoms with E-state index >= 15 is 0 Å². The summed E-state index contributed by atoms with van der Waals surface area (Å²) in [4.78, 5) is 0. The first-order valence-corrected chi connectivity index (χ1v) is 7.28. The molecular formula is C16H18ClNO. The Morgan fingerprint density at radius 2 is 2.16 bits per heavy atom. The van der Waals surface area contributed by atoms with E-state index in [9.17, 15) is 5.11 Å². The van der Waals surface area contributed by atoms with Crippen LogP contribution in [0.5, 0.6) is 5.75 Å². The zero-order valence-electron chi connectivity index (χ0n) is 11.3. The first-order chi connectivity index (χ1) is 9.17. The Morgan fingerprint density at radius 1 is 1.37 bits per heavy atom. The average Bonchev–Trinajstić information content (AvgIpc) is 2.81. The van der Waals surface area contributed by atoms with Gasteiger partial charge >= 0.3 is 0 Å². The highest BCUT2D eigenvalue weighted by Crippen LogP contribution is 2.44. The van der Waals surface area contributed by atoms with Gasteiger partial charge in [0.2, 0.25) is 0 Å². The maximum Gasteiger partial charge on any atom is 0.125 e. The van der Waals surface area contributed by atoms with Crippen LogP contribution < -0.4 is 5.32 Å². The van der Waals surface area contributed by atoms with Gasteiger partial charge in [-0.05, 0) is 35.4 Å². The highest BCUT2D eigenvalue weighted by Gasteiger charge is 2.26. The van der Waals surface area contributed by atoms with Gasteiger partial charge in [-0.15, -0.1) is 11.6 Å². The molecule has 0 saturated heterocycles. The number of anilines is 1. The molecule has 1 aliphatic heterocycles. The van der Waals surface area contributed by atoms with E-state index in [1.807, 2.05) is 6.07 Å². The number of benzene rings is 2. The number of nitrogens with one attached hydrogen (secondary N) is 1. The van der Waals surface area contributed by atoms with E-state index in [4.69, 9.17) is 11.6 Å². The van der Waals surface area contributed by atoms with E-state index in [2.05, 4.69) is 31.3 Å². The van der Waals surface area contributed by atoms with Crippen molar-refractivity contribution in [3.8, 4) is 5.75 Å². The number of fused-ring (bicyclic) bond motifs is 3. The molecule has 1 heterocycles. The van der Waals surface area contributed by atoms with Gasteiger partial charge in [0.15, 0.2) is 0 Å². The lowest BCUT2D eigenvalue weighted by molar-refractivity contribution is 0.481. The van der Waals surface area contributed by atoms with Crippen LogP contribution in [0.1, 0.15) is 29.5 Å². The predicted octanol–water partition coefficient (Wildman–Crippen LogP) is 4.16. The molecule has 0 radical (unpaired) electrons. The van der Waals surface area contributed by atoms with Gasteiger partial charge < -0.3 is 10.4 Å². The molecule has 3 rings (SSSR count). The summed E-state index contributed by atoms with van der Waals surface area (Å²) in [7, 11) is 0. The van der Waals surface area contributed by atoms with E-state index in [0.717, 1.165) is 24.0 Å². The minimum Gasteiger partial charge on any atom is -0.507 e. The second-order valence-electron chi connectivity index (χ2n) is 5.23.